The molecule has 0 aliphatic carbocycles. The lowest BCUT2D eigenvalue weighted by atomic mass is 9.95. The predicted molar refractivity (Wildman–Crippen MR) is 148 cm³/mol. The maximum absolute atomic E-state index is 11.6. The smallest absolute Gasteiger partial charge is 0.238 e. The summed E-state index contributed by atoms with van der Waals surface area (Å²) >= 11 is 1.59. The fourth-order valence-corrected chi connectivity index (χ4v) is 5.92. The van der Waals surface area contributed by atoms with Crippen LogP contribution in [-0.4, -0.2) is 45.3 Å². The lowest BCUT2D eigenvalue weighted by Crippen LogP contribution is -2.35. The van der Waals surface area contributed by atoms with E-state index in [4.69, 9.17) is 28.8 Å². The van der Waals surface area contributed by atoms with Crippen molar-refractivity contribution < 1.29 is 27.0 Å². The minimum Gasteiger partial charge on any atom is -0.436 e. The Balaban J connectivity index is 1.27. The molecule has 9 nitrogen and oxygen atoms in total. The van der Waals surface area contributed by atoms with Crippen molar-refractivity contribution in [2.24, 2.45) is 5.14 Å². The molecule has 0 spiro atoms. The Labute approximate surface area is 231 Å². The highest BCUT2D eigenvalue weighted by molar-refractivity contribution is 7.89. The van der Waals surface area contributed by atoms with Crippen LogP contribution < -0.4 is 5.14 Å². The minimum absolute atomic E-state index is 0.0293. The summed E-state index contributed by atoms with van der Waals surface area (Å²) in [6.45, 7) is 2.05. The summed E-state index contributed by atoms with van der Waals surface area (Å²) in [5.41, 5.74) is 2.69. The normalized spacial score (nSPS) is 15.6. The van der Waals surface area contributed by atoms with E-state index in [0.29, 0.717) is 49.3 Å². The SMILES string of the molecule is COC1(c2nc(COCC=Cc3nc(-c4ccccc4)c(-c4ccc(S(N)(=O)=O)cc4)o3)cs2)CCOCC1. The molecule has 1 saturated heterocycles. The van der Waals surface area contributed by atoms with Gasteiger partial charge in [-0.2, -0.15) is 0 Å². The molecule has 0 unspecified atom stereocenters. The summed E-state index contributed by atoms with van der Waals surface area (Å²) in [7, 11) is -2.07. The van der Waals surface area contributed by atoms with Gasteiger partial charge in [-0.3, -0.25) is 0 Å². The molecule has 4 aromatic rings. The Morgan fingerprint density at radius 1 is 1.05 bits per heavy atom. The quantitative estimate of drug-likeness (QED) is 0.266. The van der Waals surface area contributed by atoms with Gasteiger partial charge in [0.25, 0.3) is 0 Å². The Kier molecular flexibility index (Phi) is 8.36. The lowest BCUT2D eigenvalue weighted by Gasteiger charge is -2.33. The van der Waals surface area contributed by atoms with E-state index in [-0.39, 0.29) is 10.5 Å². The molecule has 1 fully saturated rings. The molecule has 2 aromatic carbocycles. The first-order valence-electron chi connectivity index (χ1n) is 12.4. The zero-order valence-electron chi connectivity index (χ0n) is 21.4. The molecule has 1 aliphatic rings. The zero-order valence-corrected chi connectivity index (χ0v) is 23.0. The number of rotatable bonds is 10. The average Bonchev–Trinajstić information content (AvgIpc) is 3.61. The maximum atomic E-state index is 11.6. The molecule has 0 bridgehead atoms. The van der Waals surface area contributed by atoms with Gasteiger partial charge in [-0.1, -0.05) is 36.4 Å². The first-order chi connectivity index (χ1) is 18.9. The minimum atomic E-state index is -3.79. The topological polar surface area (TPSA) is 127 Å². The first kappa shape index (κ1) is 27.4. The molecule has 5 rings (SSSR count). The van der Waals surface area contributed by atoms with Crippen molar-refractivity contribution in [2.45, 2.75) is 29.9 Å². The highest BCUT2D eigenvalue weighted by atomic mass is 32.2. The number of nitrogens with zero attached hydrogens (tertiary/aromatic N) is 2. The Hall–Kier alpha value is -3.19. The van der Waals surface area contributed by atoms with Crippen molar-refractivity contribution in [1.82, 2.24) is 9.97 Å². The highest BCUT2D eigenvalue weighted by Gasteiger charge is 2.37. The molecule has 3 heterocycles. The number of thiazole rings is 1. The summed E-state index contributed by atoms with van der Waals surface area (Å²) in [5.74, 6) is 0.929. The fraction of sp³-hybridized carbons (Fsp3) is 0.286. The number of methoxy groups -OCH3 is 1. The number of ether oxygens (including phenoxy) is 3. The fourth-order valence-electron chi connectivity index (χ4n) is 4.36. The van der Waals surface area contributed by atoms with Crippen LogP contribution in [0.2, 0.25) is 0 Å². The molecular formula is C28H29N3O6S2. The molecule has 0 saturated carbocycles. The van der Waals surface area contributed by atoms with Gasteiger partial charge in [0.2, 0.25) is 15.9 Å². The first-order valence-corrected chi connectivity index (χ1v) is 14.8. The summed E-state index contributed by atoms with van der Waals surface area (Å²) < 4.78 is 46.5. The molecule has 2 N–H and O–H groups in total. The van der Waals surface area contributed by atoms with E-state index < -0.39 is 10.0 Å². The number of oxazole rings is 1. The third kappa shape index (κ3) is 6.35. The molecule has 0 amide bonds. The van der Waals surface area contributed by atoms with Crippen LogP contribution in [-0.2, 0) is 36.4 Å². The summed E-state index contributed by atoms with van der Waals surface area (Å²) in [6.07, 6.45) is 5.17. The van der Waals surface area contributed by atoms with Crippen LogP contribution in [0.25, 0.3) is 28.7 Å². The van der Waals surface area contributed by atoms with Gasteiger partial charge in [0.15, 0.2) is 5.76 Å². The molecule has 11 heteroatoms. The van der Waals surface area contributed by atoms with Crippen LogP contribution in [0.5, 0.6) is 0 Å². The Bertz CT molecular complexity index is 1520. The van der Waals surface area contributed by atoms with Gasteiger partial charge in [-0.25, -0.2) is 23.5 Å². The second-order valence-corrected chi connectivity index (χ2v) is 11.5. The van der Waals surface area contributed by atoms with Crippen LogP contribution in [0.4, 0.5) is 0 Å². The van der Waals surface area contributed by atoms with E-state index in [0.717, 1.165) is 29.1 Å². The van der Waals surface area contributed by atoms with Crippen molar-refractivity contribution in [3.8, 4) is 22.6 Å². The molecule has 39 heavy (non-hydrogen) atoms. The van der Waals surface area contributed by atoms with Crippen molar-refractivity contribution in [1.29, 1.82) is 0 Å². The van der Waals surface area contributed by atoms with Crippen LogP contribution in [0.15, 0.2) is 75.4 Å². The standard InChI is InChI=1S/C28H29N3O6S2/c1-34-28(13-16-35-17-14-28)27-30-22(19-38-27)18-36-15-5-8-24-31-25(20-6-3-2-4-7-20)26(37-24)21-9-11-23(12-10-21)39(29,32)33/h2-12,19H,13-18H2,1H3,(H2,29,32,33). The summed E-state index contributed by atoms with van der Waals surface area (Å²) in [5, 5.41) is 8.20. The second kappa shape index (κ2) is 11.9. The molecule has 0 atom stereocenters. The largest absolute Gasteiger partial charge is 0.436 e. The average molecular weight is 568 g/mol. The number of sulfonamides is 1. The Morgan fingerprint density at radius 3 is 2.49 bits per heavy atom. The molecule has 0 radical (unpaired) electrons. The van der Waals surface area contributed by atoms with Gasteiger partial charge in [-0.05, 0) is 30.3 Å². The van der Waals surface area contributed by atoms with Gasteiger partial charge >= 0.3 is 0 Å². The number of aromatic nitrogens is 2. The molecular weight excluding hydrogens is 538 g/mol. The summed E-state index contributed by atoms with van der Waals surface area (Å²) in [4.78, 5) is 9.45. The predicted octanol–water partition coefficient (Wildman–Crippen LogP) is 4.99. The van der Waals surface area contributed by atoms with E-state index in [1.54, 1.807) is 36.7 Å². The molecule has 1 aliphatic heterocycles. The van der Waals surface area contributed by atoms with Crippen LogP contribution in [0.3, 0.4) is 0 Å². The van der Waals surface area contributed by atoms with Crippen molar-refractivity contribution in [2.75, 3.05) is 26.9 Å². The number of nitrogens with two attached hydrogens (primary N) is 1. The molecule has 204 valence electrons. The number of hydrogen-bond acceptors (Lipinski definition) is 9. The van der Waals surface area contributed by atoms with E-state index in [1.807, 2.05) is 41.8 Å². The van der Waals surface area contributed by atoms with Gasteiger partial charge < -0.3 is 18.6 Å². The number of primary sulfonamides is 1. The molecule has 2 aromatic heterocycles. The van der Waals surface area contributed by atoms with Crippen LogP contribution >= 0.6 is 11.3 Å². The van der Waals surface area contributed by atoms with Crippen molar-refractivity contribution in [3.05, 3.63) is 82.6 Å². The third-order valence-electron chi connectivity index (χ3n) is 6.49. The van der Waals surface area contributed by atoms with Crippen molar-refractivity contribution in [3.63, 3.8) is 0 Å². The highest BCUT2D eigenvalue weighted by Crippen LogP contribution is 2.37. The maximum Gasteiger partial charge on any atom is 0.238 e. The van der Waals surface area contributed by atoms with Crippen LogP contribution in [0, 0.1) is 0 Å². The van der Waals surface area contributed by atoms with Crippen molar-refractivity contribution >= 4 is 27.4 Å². The third-order valence-corrected chi connectivity index (χ3v) is 8.50. The van der Waals surface area contributed by atoms with Gasteiger partial charge in [0.05, 0.1) is 23.8 Å². The number of benzene rings is 2. The number of hydrogen-bond donors (Lipinski definition) is 1. The van der Waals surface area contributed by atoms with Gasteiger partial charge in [-0.15, -0.1) is 11.3 Å². The lowest BCUT2D eigenvalue weighted by molar-refractivity contribution is -0.0949. The monoisotopic (exact) mass is 567 g/mol. The van der Waals surface area contributed by atoms with Crippen LogP contribution in [0.1, 0.15) is 29.4 Å². The van der Waals surface area contributed by atoms with Gasteiger partial charge in [0, 0.05) is 49.7 Å². The summed E-state index contributed by atoms with van der Waals surface area (Å²) in [6, 6.07) is 15.8. The second-order valence-electron chi connectivity index (χ2n) is 9.04. The zero-order chi connectivity index (χ0) is 27.3. The van der Waals surface area contributed by atoms with E-state index in [9.17, 15) is 8.42 Å². The van der Waals surface area contributed by atoms with E-state index >= 15 is 0 Å². The van der Waals surface area contributed by atoms with Gasteiger partial charge in [0.1, 0.15) is 16.3 Å². The van der Waals surface area contributed by atoms with E-state index in [1.165, 1.54) is 12.1 Å². The van der Waals surface area contributed by atoms with E-state index in [2.05, 4.69) is 4.98 Å². The Morgan fingerprint density at radius 2 is 1.79 bits per heavy atom.